The van der Waals surface area contributed by atoms with Gasteiger partial charge in [-0.05, 0) is 37.3 Å². The number of ether oxygens (including phenoxy) is 1. The maximum atomic E-state index is 12.9. The van der Waals surface area contributed by atoms with E-state index in [9.17, 15) is 8.42 Å². The average Bonchev–Trinajstić information content (AvgIpc) is 3.05. The smallest absolute Gasteiger partial charge is 0.253 e. The van der Waals surface area contributed by atoms with E-state index in [-0.39, 0.29) is 6.10 Å². The predicted octanol–water partition coefficient (Wildman–Crippen LogP) is 3.16. The molecular weight excluding hydrogens is 330 g/mol. The molecule has 3 rings (SSSR count). The number of hydrogen-bond acceptors (Lipinski definition) is 4. The van der Waals surface area contributed by atoms with Crippen molar-refractivity contribution in [2.45, 2.75) is 36.1 Å². The molecule has 6 heteroatoms. The predicted molar refractivity (Wildman–Crippen MR) is 92.2 cm³/mol. The zero-order chi connectivity index (χ0) is 16.5. The molecule has 1 atom stereocenters. The van der Waals surface area contributed by atoms with Crippen molar-refractivity contribution in [3.8, 4) is 0 Å². The van der Waals surface area contributed by atoms with Gasteiger partial charge in [0.1, 0.15) is 4.21 Å². The van der Waals surface area contributed by atoms with Crippen LogP contribution in [0.2, 0.25) is 0 Å². The Hall–Kier alpha value is -1.21. The van der Waals surface area contributed by atoms with Crippen LogP contribution in [0.4, 0.5) is 0 Å². The van der Waals surface area contributed by atoms with Crippen molar-refractivity contribution in [1.29, 1.82) is 0 Å². The SMILES string of the molecule is CC1(C)COC(Cc2ccccc2)CN1S(=O)(=O)c1cccs1. The van der Waals surface area contributed by atoms with Crippen molar-refractivity contribution >= 4 is 21.4 Å². The first-order chi connectivity index (χ1) is 10.9. The number of sulfonamides is 1. The second-order valence-corrected chi connectivity index (χ2v) is 9.44. The lowest BCUT2D eigenvalue weighted by Crippen LogP contribution is -2.58. The number of rotatable bonds is 4. The molecule has 1 unspecified atom stereocenters. The normalized spacial score (nSPS) is 22.1. The van der Waals surface area contributed by atoms with Crippen LogP contribution in [0.25, 0.3) is 0 Å². The van der Waals surface area contributed by atoms with Crippen LogP contribution in [0.3, 0.4) is 0 Å². The Labute approximate surface area is 141 Å². The third-order valence-electron chi connectivity index (χ3n) is 4.06. The Kier molecular flexibility index (Phi) is 4.60. The van der Waals surface area contributed by atoms with Gasteiger partial charge in [0.2, 0.25) is 0 Å². The van der Waals surface area contributed by atoms with Crippen molar-refractivity contribution in [1.82, 2.24) is 4.31 Å². The molecule has 124 valence electrons. The maximum absolute atomic E-state index is 12.9. The van der Waals surface area contributed by atoms with Crippen LogP contribution in [0.1, 0.15) is 19.4 Å². The molecule has 1 aliphatic heterocycles. The van der Waals surface area contributed by atoms with Gasteiger partial charge in [0, 0.05) is 6.54 Å². The minimum atomic E-state index is -3.48. The van der Waals surface area contributed by atoms with Gasteiger partial charge in [-0.2, -0.15) is 4.31 Å². The van der Waals surface area contributed by atoms with Crippen molar-refractivity contribution in [3.63, 3.8) is 0 Å². The summed E-state index contributed by atoms with van der Waals surface area (Å²) >= 11 is 1.26. The molecule has 2 heterocycles. The van der Waals surface area contributed by atoms with Gasteiger partial charge in [0.25, 0.3) is 10.0 Å². The van der Waals surface area contributed by atoms with Crippen LogP contribution < -0.4 is 0 Å². The second kappa shape index (κ2) is 6.36. The van der Waals surface area contributed by atoms with Gasteiger partial charge in [0.15, 0.2) is 0 Å². The molecule has 0 spiro atoms. The topological polar surface area (TPSA) is 46.6 Å². The van der Waals surface area contributed by atoms with Gasteiger partial charge in [-0.3, -0.25) is 0 Å². The molecule has 0 N–H and O–H groups in total. The van der Waals surface area contributed by atoms with Gasteiger partial charge in [-0.15, -0.1) is 11.3 Å². The van der Waals surface area contributed by atoms with Gasteiger partial charge >= 0.3 is 0 Å². The zero-order valence-electron chi connectivity index (χ0n) is 13.3. The van der Waals surface area contributed by atoms with E-state index in [0.717, 1.165) is 5.56 Å². The number of nitrogens with zero attached hydrogens (tertiary/aromatic N) is 1. The first-order valence-corrected chi connectivity index (χ1v) is 9.93. The molecule has 23 heavy (non-hydrogen) atoms. The molecule has 1 aromatic carbocycles. The molecule has 0 aliphatic carbocycles. The van der Waals surface area contributed by atoms with Gasteiger partial charge in [-0.1, -0.05) is 36.4 Å². The number of morpholine rings is 1. The largest absolute Gasteiger partial charge is 0.375 e. The quantitative estimate of drug-likeness (QED) is 0.850. The summed E-state index contributed by atoms with van der Waals surface area (Å²) in [5, 5.41) is 1.79. The van der Waals surface area contributed by atoms with E-state index in [2.05, 4.69) is 0 Å². The van der Waals surface area contributed by atoms with Gasteiger partial charge < -0.3 is 4.74 Å². The van der Waals surface area contributed by atoms with E-state index in [4.69, 9.17) is 4.74 Å². The van der Waals surface area contributed by atoms with Gasteiger partial charge in [0.05, 0.1) is 18.2 Å². The van der Waals surface area contributed by atoms with Crippen LogP contribution in [-0.2, 0) is 21.2 Å². The summed E-state index contributed by atoms with van der Waals surface area (Å²) in [6.07, 6.45) is 0.591. The highest BCUT2D eigenvalue weighted by molar-refractivity contribution is 7.91. The lowest BCUT2D eigenvalue weighted by Gasteiger charge is -2.44. The first kappa shape index (κ1) is 16.6. The summed E-state index contributed by atoms with van der Waals surface area (Å²) in [6.45, 7) is 4.60. The zero-order valence-corrected chi connectivity index (χ0v) is 14.9. The number of thiophene rings is 1. The van der Waals surface area contributed by atoms with E-state index in [0.29, 0.717) is 23.8 Å². The fraction of sp³-hybridized carbons (Fsp3) is 0.412. The summed E-state index contributed by atoms with van der Waals surface area (Å²) in [6, 6.07) is 13.5. The third-order valence-corrected chi connectivity index (χ3v) is 7.51. The highest BCUT2D eigenvalue weighted by Crippen LogP contribution is 2.31. The average molecular weight is 351 g/mol. The van der Waals surface area contributed by atoms with Gasteiger partial charge in [-0.25, -0.2) is 8.42 Å². The summed E-state index contributed by atoms with van der Waals surface area (Å²) in [7, 11) is -3.48. The van der Waals surface area contributed by atoms with Crippen molar-refractivity contribution in [2.24, 2.45) is 0 Å². The third kappa shape index (κ3) is 3.50. The molecule has 0 amide bonds. The van der Waals surface area contributed by atoms with E-state index in [1.54, 1.807) is 21.8 Å². The Morgan fingerprint density at radius 2 is 1.96 bits per heavy atom. The standard InChI is InChI=1S/C17H21NO3S2/c1-17(2)13-21-15(11-14-7-4-3-5-8-14)12-18(17)23(19,20)16-9-6-10-22-16/h3-10,15H,11-13H2,1-2H3. The monoisotopic (exact) mass is 351 g/mol. The highest BCUT2D eigenvalue weighted by atomic mass is 32.2. The van der Waals surface area contributed by atoms with E-state index < -0.39 is 15.6 Å². The summed E-state index contributed by atoms with van der Waals surface area (Å²) in [5.74, 6) is 0. The Balaban J connectivity index is 1.83. The molecule has 1 aromatic heterocycles. The fourth-order valence-corrected chi connectivity index (χ4v) is 5.73. The molecule has 1 saturated heterocycles. The Bertz CT molecular complexity index is 739. The summed E-state index contributed by atoms with van der Waals surface area (Å²) in [5.41, 5.74) is 0.612. The summed E-state index contributed by atoms with van der Waals surface area (Å²) in [4.78, 5) is 0. The second-order valence-electron chi connectivity index (χ2n) is 6.40. The molecule has 1 aliphatic rings. The van der Waals surface area contributed by atoms with Crippen LogP contribution in [0.15, 0.2) is 52.1 Å². The van der Waals surface area contributed by atoms with Crippen LogP contribution in [-0.4, -0.2) is 37.5 Å². The molecule has 0 saturated carbocycles. The van der Waals surface area contributed by atoms with Crippen LogP contribution in [0.5, 0.6) is 0 Å². The van der Waals surface area contributed by atoms with Crippen molar-refractivity contribution in [2.75, 3.05) is 13.2 Å². The van der Waals surface area contributed by atoms with Crippen LogP contribution >= 0.6 is 11.3 Å². The number of hydrogen-bond donors (Lipinski definition) is 0. The Morgan fingerprint density at radius 1 is 1.22 bits per heavy atom. The molecule has 1 fully saturated rings. The fourth-order valence-electron chi connectivity index (χ4n) is 2.82. The van der Waals surface area contributed by atoms with Crippen LogP contribution in [0, 0.1) is 0 Å². The highest BCUT2D eigenvalue weighted by Gasteiger charge is 2.43. The first-order valence-electron chi connectivity index (χ1n) is 7.61. The summed E-state index contributed by atoms with van der Waals surface area (Å²) < 4.78 is 33.8. The number of benzene rings is 1. The maximum Gasteiger partial charge on any atom is 0.253 e. The minimum absolute atomic E-state index is 0.125. The molecule has 0 radical (unpaired) electrons. The Morgan fingerprint density at radius 3 is 2.61 bits per heavy atom. The van der Waals surface area contributed by atoms with E-state index in [1.165, 1.54) is 11.3 Å². The molecule has 2 aromatic rings. The van der Waals surface area contributed by atoms with E-state index in [1.807, 2.05) is 44.2 Å². The minimum Gasteiger partial charge on any atom is -0.375 e. The molecule has 0 bridgehead atoms. The van der Waals surface area contributed by atoms with E-state index >= 15 is 0 Å². The molecular formula is C17H21NO3S2. The van der Waals surface area contributed by atoms with Crippen molar-refractivity contribution in [3.05, 3.63) is 53.4 Å². The lowest BCUT2D eigenvalue weighted by molar-refractivity contribution is -0.0628. The lowest BCUT2D eigenvalue weighted by atomic mass is 10.0. The van der Waals surface area contributed by atoms with Crippen molar-refractivity contribution < 1.29 is 13.2 Å². The molecule has 4 nitrogen and oxygen atoms in total.